The van der Waals surface area contributed by atoms with Crippen molar-refractivity contribution in [2.24, 2.45) is 0 Å². The molecule has 0 amide bonds. The molecule has 0 spiro atoms. The first-order valence-corrected chi connectivity index (χ1v) is 5.00. The fourth-order valence-electron chi connectivity index (χ4n) is 1.26. The monoisotopic (exact) mass is 212 g/mol. The van der Waals surface area contributed by atoms with E-state index >= 15 is 0 Å². The van der Waals surface area contributed by atoms with Crippen LogP contribution in [-0.2, 0) is 6.54 Å². The molecule has 2 aromatic rings. The van der Waals surface area contributed by atoms with E-state index in [1.807, 2.05) is 24.6 Å². The molecule has 0 bridgehead atoms. The smallest absolute Gasteiger partial charge is 0.119 e. The van der Waals surface area contributed by atoms with Crippen LogP contribution in [0.4, 0.5) is 0 Å². The maximum atomic E-state index is 4.15. The zero-order valence-electron chi connectivity index (χ0n) is 9.31. The molecule has 0 atom stereocenters. The van der Waals surface area contributed by atoms with Gasteiger partial charge >= 0.3 is 0 Å². The molecule has 0 saturated heterocycles. The molecule has 0 aliphatic rings. The van der Waals surface area contributed by atoms with Gasteiger partial charge in [0, 0.05) is 23.7 Å². The second-order valence-corrected chi connectivity index (χ2v) is 3.47. The second-order valence-electron chi connectivity index (χ2n) is 3.47. The van der Waals surface area contributed by atoms with Gasteiger partial charge in [0.05, 0.1) is 12.9 Å². The van der Waals surface area contributed by atoms with Gasteiger partial charge in [-0.05, 0) is 19.8 Å². The Labute approximate surface area is 94.4 Å². The van der Waals surface area contributed by atoms with Gasteiger partial charge in [-0.1, -0.05) is 5.92 Å². The van der Waals surface area contributed by atoms with Crippen LogP contribution >= 0.6 is 0 Å². The van der Waals surface area contributed by atoms with Gasteiger partial charge in [-0.3, -0.25) is 0 Å². The van der Waals surface area contributed by atoms with Gasteiger partial charge in [-0.25, -0.2) is 15.0 Å². The summed E-state index contributed by atoms with van der Waals surface area (Å²) in [7, 11) is 0. The summed E-state index contributed by atoms with van der Waals surface area (Å²) in [6.07, 6.45) is 6.91. The molecule has 0 fully saturated rings. The largest absolute Gasteiger partial charge is 0.326 e. The van der Waals surface area contributed by atoms with Gasteiger partial charge in [0.1, 0.15) is 12.0 Å². The van der Waals surface area contributed by atoms with Crippen LogP contribution in [0.3, 0.4) is 0 Å². The molecule has 2 heterocycles. The standard InChI is InChI=1S/C12H12N4/c1-10-11(2)14-8-15-12(10)4-3-6-16-7-5-13-9-16/h5,7-9H,6H2,1-2H3. The Morgan fingerprint density at radius 1 is 1.31 bits per heavy atom. The van der Waals surface area contributed by atoms with E-state index < -0.39 is 0 Å². The van der Waals surface area contributed by atoms with Gasteiger partial charge in [-0.2, -0.15) is 0 Å². The summed E-state index contributed by atoms with van der Waals surface area (Å²) >= 11 is 0. The van der Waals surface area contributed by atoms with Crippen molar-refractivity contribution in [2.75, 3.05) is 0 Å². The molecular weight excluding hydrogens is 200 g/mol. The molecule has 16 heavy (non-hydrogen) atoms. The van der Waals surface area contributed by atoms with E-state index in [-0.39, 0.29) is 0 Å². The van der Waals surface area contributed by atoms with Crippen LogP contribution in [0, 0.1) is 25.7 Å². The van der Waals surface area contributed by atoms with E-state index in [2.05, 4.69) is 26.8 Å². The van der Waals surface area contributed by atoms with Crippen molar-refractivity contribution >= 4 is 0 Å². The second kappa shape index (κ2) is 4.58. The van der Waals surface area contributed by atoms with Gasteiger partial charge in [0.2, 0.25) is 0 Å². The molecule has 80 valence electrons. The normalized spacial score (nSPS) is 9.62. The Morgan fingerprint density at radius 3 is 2.94 bits per heavy atom. The number of hydrogen-bond acceptors (Lipinski definition) is 3. The Balaban J connectivity index is 2.15. The number of imidazole rings is 1. The predicted octanol–water partition coefficient (Wildman–Crippen LogP) is 1.34. The van der Waals surface area contributed by atoms with Crippen LogP contribution in [0.15, 0.2) is 25.0 Å². The van der Waals surface area contributed by atoms with E-state index in [0.717, 1.165) is 17.0 Å². The highest BCUT2D eigenvalue weighted by Gasteiger charge is 1.98. The number of nitrogens with zero attached hydrogens (tertiary/aromatic N) is 4. The summed E-state index contributed by atoms with van der Waals surface area (Å²) in [5, 5.41) is 0. The lowest BCUT2D eigenvalue weighted by Gasteiger charge is -1.99. The fourth-order valence-corrected chi connectivity index (χ4v) is 1.26. The summed E-state index contributed by atoms with van der Waals surface area (Å²) in [5.74, 6) is 6.10. The summed E-state index contributed by atoms with van der Waals surface area (Å²) < 4.78 is 1.91. The summed E-state index contributed by atoms with van der Waals surface area (Å²) in [5.41, 5.74) is 2.81. The van der Waals surface area contributed by atoms with E-state index in [9.17, 15) is 0 Å². The maximum absolute atomic E-state index is 4.15. The van der Waals surface area contributed by atoms with E-state index in [0.29, 0.717) is 6.54 Å². The molecule has 0 N–H and O–H groups in total. The van der Waals surface area contributed by atoms with E-state index in [1.165, 1.54) is 0 Å². The Bertz CT molecular complexity index is 532. The first kappa shape index (κ1) is 10.4. The Hall–Kier alpha value is -2.15. The van der Waals surface area contributed by atoms with Gasteiger partial charge in [0.25, 0.3) is 0 Å². The topological polar surface area (TPSA) is 43.6 Å². The zero-order valence-corrected chi connectivity index (χ0v) is 9.31. The van der Waals surface area contributed by atoms with Crippen molar-refractivity contribution < 1.29 is 0 Å². The molecule has 0 aliphatic carbocycles. The van der Waals surface area contributed by atoms with Crippen LogP contribution in [0.1, 0.15) is 17.0 Å². The molecule has 0 radical (unpaired) electrons. The third-order valence-corrected chi connectivity index (χ3v) is 2.36. The van der Waals surface area contributed by atoms with Crippen molar-refractivity contribution in [2.45, 2.75) is 20.4 Å². The molecule has 2 rings (SSSR count). The minimum atomic E-state index is 0.627. The predicted molar refractivity (Wildman–Crippen MR) is 60.6 cm³/mol. The quantitative estimate of drug-likeness (QED) is 0.670. The lowest BCUT2D eigenvalue weighted by atomic mass is 10.2. The van der Waals surface area contributed by atoms with Gasteiger partial charge in [0.15, 0.2) is 0 Å². The first-order chi connectivity index (χ1) is 7.77. The number of aryl methyl sites for hydroxylation is 1. The van der Waals surface area contributed by atoms with Crippen molar-refractivity contribution in [3.05, 3.63) is 42.0 Å². The number of aromatic nitrogens is 4. The lowest BCUT2D eigenvalue weighted by Crippen LogP contribution is -1.95. The van der Waals surface area contributed by atoms with Crippen LogP contribution in [0.5, 0.6) is 0 Å². The molecule has 0 saturated carbocycles. The van der Waals surface area contributed by atoms with Crippen LogP contribution < -0.4 is 0 Å². The minimum Gasteiger partial charge on any atom is -0.326 e. The SMILES string of the molecule is Cc1ncnc(C#CCn2ccnc2)c1C. The van der Waals surface area contributed by atoms with Gasteiger partial charge in [-0.15, -0.1) is 0 Å². The molecule has 4 nitrogen and oxygen atoms in total. The van der Waals surface area contributed by atoms with Crippen molar-refractivity contribution in [1.82, 2.24) is 19.5 Å². The summed E-state index contributed by atoms with van der Waals surface area (Å²) in [6, 6.07) is 0. The van der Waals surface area contributed by atoms with Gasteiger partial charge < -0.3 is 4.57 Å². The molecule has 0 aromatic carbocycles. The zero-order chi connectivity index (χ0) is 11.4. The lowest BCUT2D eigenvalue weighted by molar-refractivity contribution is 0.839. The molecular formula is C12H12N4. The van der Waals surface area contributed by atoms with Crippen LogP contribution in [-0.4, -0.2) is 19.5 Å². The highest BCUT2D eigenvalue weighted by atomic mass is 15.0. The van der Waals surface area contributed by atoms with Crippen molar-refractivity contribution in [3.8, 4) is 11.8 Å². The molecule has 2 aromatic heterocycles. The average molecular weight is 212 g/mol. The highest BCUT2D eigenvalue weighted by Crippen LogP contribution is 2.04. The fraction of sp³-hybridized carbons (Fsp3) is 0.250. The maximum Gasteiger partial charge on any atom is 0.119 e. The van der Waals surface area contributed by atoms with Crippen LogP contribution in [0.25, 0.3) is 0 Å². The summed E-state index contributed by atoms with van der Waals surface area (Å²) in [6.45, 7) is 4.57. The molecule has 4 heteroatoms. The Kier molecular flexibility index (Phi) is 2.97. The summed E-state index contributed by atoms with van der Waals surface area (Å²) in [4.78, 5) is 12.2. The third kappa shape index (κ3) is 2.26. The number of rotatable bonds is 1. The van der Waals surface area contributed by atoms with E-state index in [1.54, 1.807) is 18.9 Å². The average Bonchev–Trinajstić information content (AvgIpc) is 2.77. The molecule has 0 unspecified atom stereocenters. The van der Waals surface area contributed by atoms with E-state index in [4.69, 9.17) is 0 Å². The molecule has 0 aliphatic heterocycles. The third-order valence-electron chi connectivity index (χ3n) is 2.36. The van der Waals surface area contributed by atoms with Crippen molar-refractivity contribution in [1.29, 1.82) is 0 Å². The first-order valence-electron chi connectivity index (χ1n) is 5.00. The minimum absolute atomic E-state index is 0.627. The van der Waals surface area contributed by atoms with Crippen molar-refractivity contribution in [3.63, 3.8) is 0 Å². The highest BCUT2D eigenvalue weighted by molar-refractivity contribution is 5.35. The number of hydrogen-bond donors (Lipinski definition) is 0. The Morgan fingerprint density at radius 2 is 2.19 bits per heavy atom. The van der Waals surface area contributed by atoms with Crippen LogP contribution in [0.2, 0.25) is 0 Å².